The van der Waals surface area contributed by atoms with Gasteiger partial charge in [-0.25, -0.2) is 4.79 Å². The molecule has 15 heavy (non-hydrogen) atoms. The highest BCUT2D eigenvalue weighted by atomic mass is 16.4. The van der Waals surface area contributed by atoms with Crippen molar-refractivity contribution in [2.75, 3.05) is 0 Å². The zero-order chi connectivity index (χ0) is 10.8. The van der Waals surface area contributed by atoms with E-state index in [2.05, 4.69) is 0 Å². The van der Waals surface area contributed by atoms with Gasteiger partial charge in [-0.3, -0.25) is 4.79 Å². The normalized spacial score (nSPS) is 10.4. The molecule has 0 radical (unpaired) electrons. The zero-order valence-corrected chi connectivity index (χ0v) is 7.77. The highest BCUT2D eigenvalue weighted by Gasteiger charge is 2.02. The lowest BCUT2D eigenvalue weighted by Crippen LogP contribution is -2.00. The number of fused-ring (bicyclic) bond motifs is 1. The predicted octanol–water partition coefficient (Wildman–Crippen LogP) is 1.42. The van der Waals surface area contributed by atoms with E-state index in [1.807, 2.05) is 0 Å². The van der Waals surface area contributed by atoms with Crippen LogP contribution in [0.5, 0.6) is 0 Å². The lowest BCUT2D eigenvalue weighted by molar-refractivity contribution is -0.136. The van der Waals surface area contributed by atoms with E-state index in [-0.39, 0.29) is 6.42 Å². The fourth-order valence-electron chi connectivity index (χ4n) is 1.41. The van der Waals surface area contributed by atoms with Crippen molar-refractivity contribution >= 4 is 16.9 Å². The molecule has 0 aliphatic rings. The minimum Gasteiger partial charge on any atom is -0.481 e. The van der Waals surface area contributed by atoms with Crippen LogP contribution < -0.4 is 5.63 Å². The van der Waals surface area contributed by atoms with Gasteiger partial charge in [0.1, 0.15) is 5.58 Å². The second-order valence-electron chi connectivity index (χ2n) is 3.20. The largest absolute Gasteiger partial charge is 0.481 e. The molecule has 0 aliphatic heterocycles. The average molecular weight is 204 g/mol. The van der Waals surface area contributed by atoms with Crippen molar-refractivity contribution in [3.63, 3.8) is 0 Å². The molecule has 4 nitrogen and oxygen atoms in total. The van der Waals surface area contributed by atoms with E-state index in [9.17, 15) is 9.59 Å². The van der Waals surface area contributed by atoms with Gasteiger partial charge in [0.25, 0.3) is 0 Å². The summed E-state index contributed by atoms with van der Waals surface area (Å²) >= 11 is 0. The molecule has 0 amide bonds. The molecule has 0 fully saturated rings. The van der Waals surface area contributed by atoms with Gasteiger partial charge in [0.05, 0.1) is 6.42 Å². The minimum absolute atomic E-state index is 0.0327. The summed E-state index contributed by atoms with van der Waals surface area (Å²) in [5.74, 6) is -0.883. The van der Waals surface area contributed by atoms with Crippen LogP contribution in [0.25, 0.3) is 11.0 Å². The summed E-state index contributed by atoms with van der Waals surface area (Å²) in [6, 6.07) is 7.88. The highest BCUT2D eigenvalue weighted by Crippen LogP contribution is 2.14. The molecule has 0 saturated carbocycles. The van der Waals surface area contributed by atoms with E-state index in [4.69, 9.17) is 9.52 Å². The Bertz CT molecular complexity index is 568. The van der Waals surface area contributed by atoms with Crippen molar-refractivity contribution in [3.05, 3.63) is 46.3 Å². The van der Waals surface area contributed by atoms with E-state index < -0.39 is 11.6 Å². The molecule has 0 bridgehead atoms. The first-order chi connectivity index (χ1) is 7.15. The van der Waals surface area contributed by atoms with Crippen LogP contribution in [0, 0.1) is 0 Å². The molecule has 2 rings (SSSR count). The van der Waals surface area contributed by atoms with Crippen LogP contribution in [0.4, 0.5) is 0 Å². The van der Waals surface area contributed by atoms with E-state index in [1.165, 1.54) is 6.07 Å². The molecule has 76 valence electrons. The molecule has 0 atom stereocenters. The monoisotopic (exact) mass is 204 g/mol. The van der Waals surface area contributed by atoms with E-state index >= 15 is 0 Å². The van der Waals surface area contributed by atoms with Crippen LogP contribution in [-0.2, 0) is 11.2 Å². The molecule has 0 unspecified atom stereocenters. The Kier molecular flexibility index (Phi) is 2.25. The summed E-state index contributed by atoms with van der Waals surface area (Å²) in [4.78, 5) is 21.4. The van der Waals surface area contributed by atoms with Crippen molar-refractivity contribution in [3.8, 4) is 0 Å². The van der Waals surface area contributed by atoms with E-state index in [1.54, 1.807) is 24.3 Å². The Labute approximate surface area is 84.8 Å². The van der Waals surface area contributed by atoms with Gasteiger partial charge >= 0.3 is 11.6 Å². The quantitative estimate of drug-likeness (QED) is 0.751. The topological polar surface area (TPSA) is 67.5 Å². The van der Waals surface area contributed by atoms with Gasteiger partial charge in [-0.05, 0) is 23.8 Å². The van der Waals surface area contributed by atoms with Crippen LogP contribution in [0.2, 0.25) is 0 Å². The molecule has 1 heterocycles. The average Bonchev–Trinajstić information content (AvgIpc) is 2.17. The Balaban J connectivity index is 2.52. The minimum atomic E-state index is -0.883. The molecular weight excluding hydrogens is 196 g/mol. The lowest BCUT2D eigenvalue weighted by atomic mass is 10.1. The predicted molar refractivity (Wildman–Crippen MR) is 53.8 cm³/mol. The molecule has 0 aliphatic carbocycles. The second-order valence-corrected chi connectivity index (χ2v) is 3.20. The summed E-state index contributed by atoms with van der Waals surface area (Å²) < 4.78 is 4.92. The van der Waals surface area contributed by atoms with Gasteiger partial charge in [-0.1, -0.05) is 6.07 Å². The molecule has 1 aromatic carbocycles. The van der Waals surface area contributed by atoms with Crippen molar-refractivity contribution in [1.82, 2.24) is 0 Å². The van der Waals surface area contributed by atoms with Crippen LogP contribution >= 0.6 is 0 Å². The van der Waals surface area contributed by atoms with E-state index in [0.717, 1.165) is 5.39 Å². The number of benzene rings is 1. The second kappa shape index (κ2) is 3.57. The fraction of sp³-hybridized carbons (Fsp3) is 0.0909. The van der Waals surface area contributed by atoms with Crippen molar-refractivity contribution in [2.45, 2.75) is 6.42 Å². The lowest BCUT2D eigenvalue weighted by Gasteiger charge is -1.99. The van der Waals surface area contributed by atoms with Gasteiger partial charge in [0.2, 0.25) is 0 Å². The maximum atomic E-state index is 10.9. The molecule has 0 saturated heterocycles. The van der Waals surface area contributed by atoms with Crippen LogP contribution in [0.1, 0.15) is 5.56 Å². The van der Waals surface area contributed by atoms with Crippen molar-refractivity contribution in [1.29, 1.82) is 0 Å². The van der Waals surface area contributed by atoms with E-state index in [0.29, 0.717) is 11.1 Å². The summed E-state index contributed by atoms with van der Waals surface area (Å²) in [7, 11) is 0. The van der Waals surface area contributed by atoms with Gasteiger partial charge in [0, 0.05) is 11.5 Å². The Morgan fingerprint density at radius 3 is 2.80 bits per heavy atom. The van der Waals surface area contributed by atoms with Crippen LogP contribution in [0.15, 0.2) is 39.5 Å². The summed E-state index contributed by atoms with van der Waals surface area (Å²) in [5.41, 5.74) is 0.744. The first-order valence-electron chi connectivity index (χ1n) is 4.40. The third kappa shape index (κ3) is 2.04. The summed E-state index contributed by atoms with van der Waals surface area (Å²) in [6.07, 6.45) is -0.0327. The molecule has 1 aromatic heterocycles. The fourth-order valence-corrected chi connectivity index (χ4v) is 1.41. The van der Waals surface area contributed by atoms with Gasteiger partial charge in [0.15, 0.2) is 0 Å². The maximum absolute atomic E-state index is 10.9. The SMILES string of the molecule is O=C(O)Cc1ccc2oc(=O)ccc2c1. The molecule has 4 heteroatoms. The molecular formula is C11H8O4. The van der Waals surface area contributed by atoms with Crippen molar-refractivity contribution in [2.24, 2.45) is 0 Å². The Morgan fingerprint density at radius 1 is 1.27 bits per heavy atom. The third-order valence-corrected chi connectivity index (χ3v) is 2.04. The first kappa shape index (κ1) is 9.45. The number of aliphatic carboxylic acids is 1. The zero-order valence-electron chi connectivity index (χ0n) is 7.77. The smallest absolute Gasteiger partial charge is 0.336 e. The Morgan fingerprint density at radius 2 is 2.07 bits per heavy atom. The summed E-state index contributed by atoms with van der Waals surface area (Å²) in [5, 5.41) is 9.34. The van der Waals surface area contributed by atoms with Gasteiger partial charge < -0.3 is 9.52 Å². The number of carboxylic acids is 1. The maximum Gasteiger partial charge on any atom is 0.336 e. The summed E-state index contributed by atoms with van der Waals surface area (Å²) in [6.45, 7) is 0. The number of hydrogen-bond acceptors (Lipinski definition) is 3. The number of carbonyl (C=O) groups is 1. The van der Waals surface area contributed by atoms with Gasteiger partial charge in [-0.15, -0.1) is 0 Å². The van der Waals surface area contributed by atoms with Crippen LogP contribution in [-0.4, -0.2) is 11.1 Å². The molecule has 0 spiro atoms. The first-order valence-corrected chi connectivity index (χ1v) is 4.40. The van der Waals surface area contributed by atoms with Gasteiger partial charge in [-0.2, -0.15) is 0 Å². The number of hydrogen-bond donors (Lipinski definition) is 1. The number of carboxylic acid groups (broad SMARTS) is 1. The molecule has 2 aromatic rings. The number of rotatable bonds is 2. The van der Waals surface area contributed by atoms with Crippen LogP contribution in [0.3, 0.4) is 0 Å². The third-order valence-electron chi connectivity index (χ3n) is 2.04. The molecule has 1 N–H and O–H groups in total. The highest BCUT2D eigenvalue weighted by molar-refractivity contribution is 5.79. The standard InChI is InChI=1S/C11H8O4/c12-10(13)6-7-1-3-9-8(5-7)2-4-11(14)15-9/h1-5H,6H2,(H,12,13). The Hall–Kier alpha value is -2.10. The van der Waals surface area contributed by atoms with Crippen molar-refractivity contribution < 1.29 is 14.3 Å².